The van der Waals surface area contributed by atoms with Gasteiger partial charge in [0.05, 0.1) is 5.25 Å². The topological polar surface area (TPSA) is 64.7 Å². The van der Waals surface area contributed by atoms with Crippen molar-refractivity contribution in [1.82, 2.24) is 19.8 Å². The number of piperazine rings is 1. The lowest BCUT2D eigenvalue weighted by atomic mass is 10.2. The molecule has 6 nitrogen and oxygen atoms in total. The quantitative estimate of drug-likeness (QED) is 0.655. The Morgan fingerprint density at radius 2 is 2.11 bits per heavy atom. The van der Waals surface area contributed by atoms with E-state index >= 15 is 0 Å². The van der Waals surface area contributed by atoms with E-state index in [0.29, 0.717) is 13.1 Å². The monoisotopic (exact) mass is 276 g/mol. The van der Waals surface area contributed by atoms with Crippen LogP contribution in [0.4, 0.5) is 0 Å². The normalized spacial score (nSPS) is 31.9. The standard InChI is InChI=1S/C11H24N4O2S/c1-14-5-6-15(2)10(9-14)7-13-18(16,17)11-3-4-12-8-11/h10-13H,3-9H2,1-2H3. The van der Waals surface area contributed by atoms with Crippen LogP contribution in [0.25, 0.3) is 0 Å². The predicted molar refractivity (Wildman–Crippen MR) is 72.1 cm³/mol. The summed E-state index contributed by atoms with van der Waals surface area (Å²) in [7, 11) is 0.979. The number of likely N-dealkylation sites (N-methyl/N-ethyl adjacent to an activating group) is 2. The van der Waals surface area contributed by atoms with E-state index in [0.717, 1.165) is 32.6 Å². The Morgan fingerprint density at radius 1 is 1.33 bits per heavy atom. The summed E-state index contributed by atoms with van der Waals surface area (Å²) in [6.45, 7) is 4.86. The van der Waals surface area contributed by atoms with Gasteiger partial charge in [0.25, 0.3) is 0 Å². The molecular formula is C11H24N4O2S. The van der Waals surface area contributed by atoms with Crippen LogP contribution in [0.3, 0.4) is 0 Å². The highest BCUT2D eigenvalue weighted by molar-refractivity contribution is 7.90. The van der Waals surface area contributed by atoms with Crippen molar-refractivity contribution in [3.05, 3.63) is 0 Å². The van der Waals surface area contributed by atoms with Crippen LogP contribution in [-0.4, -0.2) is 82.9 Å². The fourth-order valence-corrected chi connectivity index (χ4v) is 3.97. The highest BCUT2D eigenvalue weighted by atomic mass is 32.2. The van der Waals surface area contributed by atoms with E-state index in [1.54, 1.807) is 0 Å². The molecule has 0 amide bonds. The Bertz CT molecular complexity index is 367. The lowest BCUT2D eigenvalue weighted by Gasteiger charge is -2.37. The van der Waals surface area contributed by atoms with Crippen LogP contribution in [0.1, 0.15) is 6.42 Å². The zero-order valence-electron chi connectivity index (χ0n) is 11.2. The van der Waals surface area contributed by atoms with Gasteiger partial charge in [0.15, 0.2) is 0 Å². The average molecular weight is 276 g/mol. The molecule has 0 aromatic rings. The smallest absolute Gasteiger partial charge is 0.215 e. The van der Waals surface area contributed by atoms with Gasteiger partial charge in [-0.2, -0.15) is 0 Å². The number of nitrogens with one attached hydrogen (secondary N) is 2. The van der Waals surface area contributed by atoms with Gasteiger partial charge in [0.1, 0.15) is 0 Å². The van der Waals surface area contributed by atoms with Crippen molar-refractivity contribution >= 4 is 10.0 Å². The van der Waals surface area contributed by atoms with Crippen molar-refractivity contribution in [3.63, 3.8) is 0 Å². The molecule has 0 aromatic heterocycles. The van der Waals surface area contributed by atoms with Crippen molar-refractivity contribution in [2.45, 2.75) is 17.7 Å². The second-order valence-corrected chi connectivity index (χ2v) is 7.45. The molecule has 0 spiro atoms. The zero-order chi connectivity index (χ0) is 13.2. The molecule has 2 heterocycles. The van der Waals surface area contributed by atoms with Crippen LogP contribution < -0.4 is 10.0 Å². The van der Waals surface area contributed by atoms with E-state index in [1.165, 1.54) is 0 Å². The summed E-state index contributed by atoms with van der Waals surface area (Å²) in [5, 5.41) is 2.83. The number of rotatable bonds is 4. The van der Waals surface area contributed by atoms with Gasteiger partial charge in [-0.05, 0) is 27.1 Å². The van der Waals surface area contributed by atoms with Gasteiger partial charge in [-0.25, -0.2) is 13.1 Å². The summed E-state index contributed by atoms with van der Waals surface area (Å²) in [6.07, 6.45) is 0.718. The maximum atomic E-state index is 12.1. The first-order valence-corrected chi connectivity index (χ1v) is 8.11. The van der Waals surface area contributed by atoms with Crippen LogP contribution in [0.5, 0.6) is 0 Å². The van der Waals surface area contributed by atoms with Gasteiger partial charge in [0.2, 0.25) is 10.0 Å². The molecule has 2 saturated heterocycles. The molecule has 2 unspecified atom stereocenters. The highest BCUT2D eigenvalue weighted by Gasteiger charge is 2.30. The first-order valence-electron chi connectivity index (χ1n) is 6.57. The summed E-state index contributed by atoms with van der Waals surface area (Å²) >= 11 is 0. The van der Waals surface area contributed by atoms with Gasteiger partial charge in [-0.3, -0.25) is 4.90 Å². The minimum absolute atomic E-state index is 0.260. The number of hydrogen-bond acceptors (Lipinski definition) is 5. The van der Waals surface area contributed by atoms with Gasteiger partial charge in [0, 0.05) is 38.8 Å². The largest absolute Gasteiger partial charge is 0.315 e. The molecule has 2 rings (SSSR count). The summed E-state index contributed by atoms with van der Waals surface area (Å²) < 4.78 is 26.9. The van der Waals surface area contributed by atoms with Gasteiger partial charge in [-0.15, -0.1) is 0 Å². The minimum Gasteiger partial charge on any atom is -0.315 e. The third-order valence-corrected chi connectivity index (χ3v) is 5.80. The highest BCUT2D eigenvalue weighted by Crippen LogP contribution is 2.10. The second-order valence-electron chi connectivity index (χ2n) is 5.40. The molecule has 0 bridgehead atoms. The van der Waals surface area contributed by atoms with Crippen LogP contribution in [0.2, 0.25) is 0 Å². The molecular weight excluding hydrogens is 252 g/mol. The van der Waals surface area contributed by atoms with Crippen LogP contribution in [-0.2, 0) is 10.0 Å². The fourth-order valence-electron chi connectivity index (χ4n) is 2.55. The maximum Gasteiger partial charge on any atom is 0.215 e. The Hall–Kier alpha value is -0.210. The maximum absolute atomic E-state index is 12.1. The molecule has 0 saturated carbocycles. The SMILES string of the molecule is CN1CCN(C)C(CNS(=O)(=O)C2CCNC2)C1. The first-order chi connectivity index (χ1) is 8.49. The van der Waals surface area contributed by atoms with Crippen LogP contribution in [0.15, 0.2) is 0 Å². The molecule has 0 aliphatic carbocycles. The van der Waals surface area contributed by atoms with Crippen molar-refractivity contribution in [2.75, 3.05) is 53.4 Å². The molecule has 2 N–H and O–H groups in total. The summed E-state index contributed by atoms with van der Waals surface area (Å²) in [4.78, 5) is 4.48. The number of hydrogen-bond donors (Lipinski definition) is 2. The van der Waals surface area contributed by atoms with Crippen molar-refractivity contribution < 1.29 is 8.42 Å². The molecule has 0 aromatic carbocycles. The van der Waals surface area contributed by atoms with E-state index in [9.17, 15) is 8.42 Å². The van der Waals surface area contributed by atoms with Crippen molar-refractivity contribution in [1.29, 1.82) is 0 Å². The predicted octanol–water partition coefficient (Wildman–Crippen LogP) is -1.49. The molecule has 2 aliphatic heterocycles. The summed E-state index contributed by atoms with van der Waals surface area (Å²) in [6, 6.07) is 0.271. The fraction of sp³-hybridized carbons (Fsp3) is 1.00. The third kappa shape index (κ3) is 3.42. The zero-order valence-corrected chi connectivity index (χ0v) is 12.0. The van der Waals surface area contributed by atoms with E-state index in [4.69, 9.17) is 0 Å². The minimum atomic E-state index is -3.16. The lowest BCUT2D eigenvalue weighted by molar-refractivity contribution is 0.117. The van der Waals surface area contributed by atoms with E-state index in [1.807, 2.05) is 0 Å². The van der Waals surface area contributed by atoms with Crippen LogP contribution in [0, 0.1) is 0 Å². The number of nitrogens with zero attached hydrogens (tertiary/aromatic N) is 2. The molecule has 18 heavy (non-hydrogen) atoms. The van der Waals surface area contributed by atoms with Crippen molar-refractivity contribution in [2.24, 2.45) is 0 Å². The van der Waals surface area contributed by atoms with Gasteiger partial charge < -0.3 is 10.2 Å². The Morgan fingerprint density at radius 3 is 2.78 bits per heavy atom. The molecule has 2 atom stereocenters. The lowest BCUT2D eigenvalue weighted by Crippen LogP contribution is -2.55. The van der Waals surface area contributed by atoms with E-state index < -0.39 is 10.0 Å². The summed E-state index contributed by atoms with van der Waals surface area (Å²) in [5.74, 6) is 0. The molecule has 2 fully saturated rings. The molecule has 106 valence electrons. The van der Waals surface area contributed by atoms with Crippen LogP contribution >= 0.6 is 0 Å². The van der Waals surface area contributed by atoms with Gasteiger partial charge >= 0.3 is 0 Å². The molecule has 2 aliphatic rings. The Balaban J connectivity index is 1.86. The Kier molecular flexibility index (Phi) is 4.60. The average Bonchev–Trinajstić information content (AvgIpc) is 2.85. The number of sulfonamides is 1. The first kappa shape index (κ1) is 14.2. The van der Waals surface area contributed by atoms with E-state index in [-0.39, 0.29) is 11.3 Å². The van der Waals surface area contributed by atoms with Crippen molar-refractivity contribution in [3.8, 4) is 0 Å². The molecule has 0 radical (unpaired) electrons. The summed E-state index contributed by atoms with van der Waals surface area (Å²) in [5.41, 5.74) is 0. The second kappa shape index (κ2) is 5.83. The third-order valence-electron chi connectivity index (χ3n) is 3.95. The van der Waals surface area contributed by atoms with E-state index in [2.05, 4.69) is 33.9 Å². The molecule has 7 heteroatoms. The van der Waals surface area contributed by atoms with Gasteiger partial charge in [-0.1, -0.05) is 0 Å². The Labute approximate surface area is 110 Å².